The normalized spacial score (nSPS) is 29.2. The van der Waals surface area contributed by atoms with Crippen molar-refractivity contribution in [3.63, 3.8) is 0 Å². The molecular formula is C9H16N2O. The van der Waals surface area contributed by atoms with Crippen LogP contribution in [0.3, 0.4) is 0 Å². The van der Waals surface area contributed by atoms with Crippen molar-refractivity contribution in [1.29, 1.82) is 0 Å². The molecule has 0 spiro atoms. The molecule has 2 N–H and O–H groups in total. The van der Waals surface area contributed by atoms with Crippen molar-refractivity contribution in [2.75, 3.05) is 33.4 Å². The van der Waals surface area contributed by atoms with Gasteiger partial charge >= 0.3 is 0 Å². The number of ether oxygens (including phenoxy) is 1. The Morgan fingerprint density at radius 3 is 3.00 bits per heavy atom. The zero-order valence-electron chi connectivity index (χ0n) is 7.55. The summed E-state index contributed by atoms with van der Waals surface area (Å²) in [6.45, 7) is 2.90. The quantitative estimate of drug-likeness (QED) is 0.586. The molecule has 1 rings (SSSR count). The van der Waals surface area contributed by atoms with Gasteiger partial charge in [0.25, 0.3) is 0 Å². The fraction of sp³-hybridized carbons (Fsp3) is 0.778. The van der Waals surface area contributed by atoms with E-state index >= 15 is 0 Å². The van der Waals surface area contributed by atoms with Gasteiger partial charge < -0.3 is 10.5 Å². The van der Waals surface area contributed by atoms with Crippen molar-refractivity contribution in [1.82, 2.24) is 4.90 Å². The average molecular weight is 168 g/mol. The molecule has 3 nitrogen and oxygen atoms in total. The second-order valence-corrected chi connectivity index (χ2v) is 3.54. The summed E-state index contributed by atoms with van der Waals surface area (Å²) in [5, 5.41) is 0. The molecule has 3 heteroatoms. The predicted octanol–water partition coefficient (Wildman–Crippen LogP) is -0.331. The molecule has 0 amide bonds. The van der Waals surface area contributed by atoms with Crippen LogP contribution in [-0.2, 0) is 4.74 Å². The Morgan fingerprint density at radius 1 is 1.75 bits per heavy atom. The molecule has 1 saturated heterocycles. The van der Waals surface area contributed by atoms with Crippen molar-refractivity contribution in [3.8, 4) is 12.3 Å². The van der Waals surface area contributed by atoms with Gasteiger partial charge in [-0.1, -0.05) is 5.92 Å². The number of hydrogen-bond acceptors (Lipinski definition) is 3. The van der Waals surface area contributed by atoms with E-state index in [1.807, 2.05) is 7.05 Å². The van der Waals surface area contributed by atoms with E-state index in [0.29, 0.717) is 13.2 Å². The Morgan fingerprint density at radius 2 is 2.50 bits per heavy atom. The molecule has 0 saturated carbocycles. The van der Waals surface area contributed by atoms with E-state index in [9.17, 15) is 0 Å². The topological polar surface area (TPSA) is 38.5 Å². The van der Waals surface area contributed by atoms with E-state index in [2.05, 4.69) is 10.8 Å². The van der Waals surface area contributed by atoms with Gasteiger partial charge in [0.1, 0.15) is 0 Å². The van der Waals surface area contributed by atoms with Gasteiger partial charge in [0, 0.05) is 13.2 Å². The smallest absolute Gasteiger partial charge is 0.0659 e. The Kier molecular flexibility index (Phi) is 3.10. The monoisotopic (exact) mass is 168 g/mol. The van der Waals surface area contributed by atoms with Gasteiger partial charge in [0.2, 0.25) is 0 Å². The number of likely N-dealkylation sites (N-methyl/N-ethyl adjacent to an activating group) is 1. The minimum absolute atomic E-state index is 0.175. The maximum Gasteiger partial charge on any atom is 0.0659 e. The van der Waals surface area contributed by atoms with Crippen LogP contribution in [0.4, 0.5) is 0 Å². The van der Waals surface area contributed by atoms with Crippen LogP contribution in [0.1, 0.15) is 6.42 Å². The largest absolute Gasteiger partial charge is 0.379 e. The van der Waals surface area contributed by atoms with Crippen LogP contribution in [0.15, 0.2) is 0 Å². The van der Waals surface area contributed by atoms with Crippen molar-refractivity contribution in [2.45, 2.75) is 12.0 Å². The minimum Gasteiger partial charge on any atom is -0.379 e. The molecule has 1 atom stereocenters. The zero-order valence-corrected chi connectivity index (χ0v) is 7.55. The van der Waals surface area contributed by atoms with Crippen molar-refractivity contribution in [3.05, 3.63) is 0 Å². The lowest BCUT2D eigenvalue weighted by Crippen LogP contribution is -2.49. The number of nitrogens with zero attached hydrogens (tertiary/aromatic N) is 1. The summed E-state index contributed by atoms with van der Waals surface area (Å²) in [4.78, 5) is 2.05. The fourth-order valence-electron chi connectivity index (χ4n) is 1.50. The standard InChI is InChI=1S/C9H16N2O/c1-3-5-11(2)7-9(10)4-6-12-8-9/h1H,4-8,10H2,2H3. The number of hydrogen-bond donors (Lipinski definition) is 1. The Hall–Kier alpha value is -0.560. The molecule has 0 aromatic rings. The number of rotatable bonds is 3. The van der Waals surface area contributed by atoms with Crippen LogP contribution in [0.2, 0.25) is 0 Å². The van der Waals surface area contributed by atoms with Gasteiger partial charge in [-0.2, -0.15) is 0 Å². The molecule has 1 fully saturated rings. The van der Waals surface area contributed by atoms with Gasteiger partial charge in [-0.15, -0.1) is 6.42 Å². The van der Waals surface area contributed by atoms with Gasteiger partial charge in [0.05, 0.1) is 18.7 Å². The third kappa shape index (κ3) is 2.49. The summed E-state index contributed by atoms with van der Waals surface area (Å²) in [6.07, 6.45) is 6.12. The maximum atomic E-state index is 6.06. The molecule has 0 bridgehead atoms. The second-order valence-electron chi connectivity index (χ2n) is 3.54. The molecule has 0 aromatic heterocycles. The molecule has 0 aliphatic carbocycles. The lowest BCUT2D eigenvalue weighted by atomic mass is 10.00. The molecule has 1 aliphatic heterocycles. The first-order valence-corrected chi connectivity index (χ1v) is 4.15. The second kappa shape index (κ2) is 3.90. The predicted molar refractivity (Wildman–Crippen MR) is 48.7 cm³/mol. The van der Waals surface area contributed by atoms with E-state index in [1.165, 1.54) is 0 Å². The highest BCUT2D eigenvalue weighted by atomic mass is 16.5. The third-order valence-electron chi connectivity index (χ3n) is 2.08. The fourth-order valence-corrected chi connectivity index (χ4v) is 1.50. The van der Waals surface area contributed by atoms with E-state index < -0.39 is 0 Å². The number of terminal acetylenes is 1. The van der Waals surface area contributed by atoms with Crippen LogP contribution in [-0.4, -0.2) is 43.8 Å². The van der Waals surface area contributed by atoms with Crippen molar-refractivity contribution >= 4 is 0 Å². The van der Waals surface area contributed by atoms with E-state index in [4.69, 9.17) is 16.9 Å². The summed E-state index contributed by atoms with van der Waals surface area (Å²) in [6, 6.07) is 0. The molecule has 0 radical (unpaired) electrons. The highest BCUT2D eigenvalue weighted by molar-refractivity contribution is 4.94. The zero-order chi connectivity index (χ0) is 9.03. The molecular weight excluding hydrogens is 152 g/mol. The van der Waals surface area contributed by atoms with Crippen LogP contribution in [0.25, 0.3) is 0 Å². The average Bonchev–Trinajstić information content (AvgIpc) is 2.36. The maximum absolute atomic E-state index is 6.06. The SMILES string of the molecule is C#CCN(C)CC1(N)CCOC1. The summed E-state index contributed by atoms with van der Waals surface area (Å²) < 4.78 is 5.24. The van der Waals surface area contributed by atoms with Crippen LogP contribution < -0.4 is 5.73 Å². The molecule has 0 aromatic carbocycles. The first-order valence-electron chi connectivity index (χ1n) is 4.15. The molecule has 68 valence electrons. The molecule has 1 unspecified atom stereocenters. The van der Waals surface area contributed by atoms with Gasteiger partial charge in [0.15, 0.2) is 0 Å². The Labute approximate surface area is 73.9 Å². The highest BCUT2D eigenvalue weighted by Gasteiger charge is 2.31. The third-order valence-corrected chi connectivity index (χ3v) is 2.08. The van der Waals surface area contributed by atoms with Crippen LogP contribution in [0, 0.1) is 12.3 Å². The molecule has 1 heterocycles. The van der Waals surface area contributed by atoms with Gasteiger partial charge in [-0.25, -0.2) is 0 Å². The van der Waals surface area contributed by atoms with E-state index in [1.54, 1.807) is 0 Å². The lowest BCUT2D eigenvalue weighted by molar-refractivity contribution is 0.164. The molecule has 12 heavy (non-hydrogen) atoms. The van der Waals surface area contributed by atoms with Crippen LogP contribution in [0.5, 0.6) is 0 Å². The summed E-state index contributed by atoms with van der Waals surface area (Å²) in [5.74, 6) is 2.59. The number of nitrogens with two attached hydrogens (primary N) is 1. The van der Waals surface area contributed by atoms with Gasteiger partial charge in [-0.05, 0) is 13.5 Å². The summed E-state index contributed by atoms with van der Waals surface area (Å²) in [5.41, 5.74) is 5.88. The van der Waals surface area contributed by atoms with Gasteiger partial charge in [-0.3, -0.25) is 4.90 Å². The summed E-state index contributed by atoms with van der Waals surface area (Å²) >= 11 is 0. The first kappa shape index (κ1) is 9.53. The van der Waals surface area contributed by atoms with E-state index in [0.717, 1.165) is 19.6 Å². The minimum atomic E-state index is -0.175. The first-order chi connectivity index (χ1) is 5.66. The Bertz CT molecular complexity index is 179. The van der Waals surface area contributed by atoms with Crippen molar-refractivity contribution in [2.24, 2.45) is 5.73 Å². The highest BCUT2D eigenvalue weighted by Crippen LogP contribution is 2.15. The Balaban J connectivity index is 2.34. The van der Waals surface area contributed by atoms with E-state index in [-0.39, 0.29) is 5.54 Å². The molecule has 1 aliphatic rings. The van der Waals surface area contributed by atoms with Crippen molar-refractivity contribution < 1.29 is 4.74 Å². The van der Waals surface area contributed by atoms with Crippen LogP contribution >= 0.6 is 0 Å². The lowest BCUT2D eigenvalue weighted by Gasteiger charge is -2.26. The summed E-state index contributed by atoms with van der Waals surface area (Å²) in [7, 11) is 1.98.